The Morgan fingerprint density at radius 1 is 1.50 bits per heavy atom. The number of rotatable bonds is 4. The number of sulfone groups is 1. The molecule has 1 rings (SSSR count). The van der Waals surface area contributed by atoms with Gasteiger partial charge < -0.3 is 15.3 Å². The Hall–Kier alpha value is -1.31. The number of carbonyl (C=O) groups excluding carboxylic acids is 1. The molecule has 0 aromatic heterocycles. The fraction of sp³-hybridized carbons (Fsp3) is 0.800. The van der Waals surface area contributed by atoms with Crippen LogP contribution in [0.15, 0.2) is 0 Å². The van der Waals surface area contributed by atoms with Crippen LogP contribution in [0.5, 0.6) is 0 Å². The van der Waals surface area contributed by atoms with E-state index in [9.17, 15) is 18.0 Å². The van der Waals surface area contributed by atoms with E-state index >= 15 is 0 Å². The molecule has 0 saturated carbocycles. The maximum Gasteiger partial charge on any atom is 0.326 e. The van der Waals surface area contributed by atoms with E-state index in [0.29, 0.717) is 6.42 Å². The summed E-state index contributed by atoms with van der Waals surface area (Å²) in [5, 5.41) is 11.2. The smallest absolute Gasteiger partial charge is 0.326 e. The quantitative estimate of drug-likeness (QED) is 0.733. The highest BCUT2D eigenvalue weighted by atomic mass is 32.2. The van der Waals surface area contributed by atoms with Gasteiger partial charge in [-0.05, 0) is 12.8 Å². The van der Waals surface area contributed by atoms with Gasteiger partial charge in [-0.1, -0.05) is 6.92 Å². The second-order valence-corrected chi connectivity index (χ2v) is 6.65. The van der Waals surface area contributed by atoms with Crippen molar-refractivity contribution in [3.05, 3.63) is 0 Å². The van der Waals surface area contributed by atoms with Crippen LogP contribution in [0.2, 0.25) is 0 Å². The van der Waals surface area contributed by atoms with Crippen LogP contribution in [0.3, 0.4) is 0 Å². The maximum atomic E-state index is 11.8. The van der Waals surface area contributed by atoms with Crippen molar-refractivity contribution in [3.63, 3.8) is 0 Å². The Kier molecular flexibility index (Phi) is 4.55. The van der Waals surface area contributed by atoms with Crippen molar-refractivity contribution in [3.8, 4) is 0 Å². The van der Waals surface area contributed by atoms with Crippen LogP contribution >= 0.6 is 0 Å². The molecule has 0 radical (unpaired) electrons. The van der Waals surface area contributed by atoms with Crippen molar-refractivity contribution in [2.45, 2.75) is 31.8 Å². The lowest BCUT2D eigenvalue weighted by molar-refractivity contribution is -0.139. The second kappa shape index (κ2) is 5.55. The Morgan fingerprint density at radius 3 is 2.50 bits per heavy atom. The molecule has 2 amide bonds. The fourth-order valence-electron chi connectivity index (χ4n) is 1.84. The molecular formula is C10H18N2O5S. The third-order valence-corrected chi connectivity index (χ3v) is 4.83. The van der Waals surface area contributed by atoms with Crippen molar-refractivity contribution in [2.24, 2.45) is 0 Å². The predicted octanol–water partition coefficient (Wildman–Crippen LogP) is -0.322. The van der Waals surface area contributed by atoms with Crippen molar-refractivity contribution >= 4 is 21.8 Å². The highest BCUT2D eigenvalue weighted by Crippen LogP contribution is 2.16. The summed E-state index contributed by atoms with van der Waals surface area (Å²) in [5.74, 6) is -1.08. The second-order valence-electron chi connectivity index (χ2n) is 4.42. The molecule has 7 nitrogen and oxygen atoms in total. The molecule has 0 aromatic rings. The molecule has 0 bridgehead atoms. The molecule has 1 heterocycles. The summed E-state index contributed by atoms with van der Waals surface area (Å²) in [5.41, 5.74) is 0. The topological polar surface area (TPSA) is 104 Å². The maximum absolute atomic E-state index is 11.8. The summed E-state index contributed by atoms with van der Waals surface area (Å²) in [4.78, 5) is 23.8. The summed E-state index contributed by atoms with van der Waals surface area (Å²) in [6.07, 6.45) is 0.675. The van der Waals surface area contributed by atoms with Crippen LogP contribution in [0.1, 0.15) is 19.8 Å². The van der Waals surface area contributed by atoms with E-state index in [2.05, 4.69) is 5.32 Å². The Bertz CT molecular complexity index is 434. The van der Waals surface area contributed by atoms with Gasteiger partial charge in [0.2, 0.25) is 0 Å². The number of hydrogen-bond donors (Lipinski definition) is 2. The lowest BCUT2D eigenvalue weighted by Crippen LogP contribution is -2.49. The van der Waals surface area contributed by atoms with E-state index in [0.717, 1.165) is 0 Å². The van der Waals surface area contributed by atoms with Gasteiger partial charge in [0.05, 0.1) is 11.5 Å². The van der Waals surface area contributed by atoms with E-state index in [4.69, 9.17) is 5.11 Å². The first-order valence-electron chi connectivity index (χ1n) is 5.73. The molecule has 1 fully saturated rings. The van der Waals surface area contributed by atoms with Crippen LogP contribution in [0.25, 0.3) is 0 Å². The van der Waals surface area contributed by atoms with Gasteiger partial charge in [-0.25, -0.2) is 18.0 Å². The minimum atomic E-state index is -3.06. The number of nitrogens with zero attached hydrogens (tertiary/aromatic N) is 1. The molecular weight excluding hydrogens is 260 g/mol. The molecule has 8 heteroatoms. The van der Waals surface area contributed by atoms with Gasteiger partial charge in [0.15, 0.2) is 9.84 Å². The van der Waals surface area contributed by atoms with E-state index < -0.39 is 27.9 Å². The highest BCUT2D eigenvalue weighted by Gasteiger charge is 2.33. The van der Waals surface area contributed by atoms with Gasteiger partial charge in [0.1, 0.15) is 6.04 Å². The van der Waals surface area contributed by atoms with Crippen molar-refractivity contribution in [1.82, 2.24) is 10.2 Å². The first kappa shape index (κ1) is 14.7. The predicted molar refractivity (Wildman–Crippen MR) is 65.1 cm³/mol. The molecule has 18 heavy (non-hydrogen) atoms. The van der Waals surface area contributed by atoms with E-state index in [1.54, 1.807) is 6.92 Å². The number of amides is 2. The van der Waals surface area contributed by atoms with Crippen LogP contribution in [-0.4, -0.2) is 61.1 Å². The zero-order chi connectivity index (χ0) is 13.9. The minimum Gasteiger partial charge on any atom is -0.480 e. The van der Waals surface area contributed by atoms with Gasteiger partial charge in [-0.15, -0.1) is 0 Å². The van der Waals surface area contributed by atoms with Crippen LogP contribution < -0.4 is 5.32 Å². The first-order chi connectivity index (χ1) is 8.26. The minimum absolute atomic E-state index is 0.0548. The van der Waals surface area contributed by atoms with Gasteiger partial charge in [0.25, 0.3) is 0 Å². The number of urea groups is 1. The Morgan fingerprint density at radius 2 is 2.11 bits per heavy atom. The summed E-state index contributed by atoms with van der Waals surface area (Å²) in [6.45, 7) is 1.65. The molecule has 0 spiro atoms. The largest absolute Gasteiger partial charge is 0.480 e. The van der Waals surface area contributed by atoms with Crippen molar-refractivity contribution < 1.29 is 23.1 Å². The first-order valence-corrected chi connectivity index (χ1v) is 7.55. The molecule has 2 atom stereocenters. The molecule has 0 aliphatic carbocycles. The molecule has 1 saturated heterocycles. The molecule has 1 aliphatic rings. The van der Waals surface area contributed by atoms with Crippen LogP contribution in [0.4, 0.5) is 4.79 Å². The highest BCUT2D eigenvalue weighted by molar-refractivity contribution is 7.91. The van der Waals surface area contributed by atoms with Crippen molar-refractivity contribution in [1.29, 1.82) is 0 Å². The van der Waals surface area contributed by atoms with E-state index in [-0.39, 0.29) is 24.0 Å². The fourth-order valence-corrected chi connectivity index (χ4v) is 3.61. The molecule has 2 N–H and O–H groups in total. The molecule has 1 aliphatic heterocycles. The summed E-state index contributed by atoms with van der Waals surface area (Å²) >= 11 is 0. The molecule has 2 unspecified atom stereocenters. The number of carboxylic acids is 1. The summed E-state index contributed by atoms with van der Waals surface area (Å²) in [7, 11) is -1.58. The average molecular weight is 278 g/mol. The third kappa shape index (κ3) is 3.59. The summed E-state index contributed by atoms with van der Waals surface area (Å²) in [6, 6.07) is -1.87. The zero-order valence-electron chi connectivity index (χ0n) is 10.4. The van der Waals surface area contributed by atoms with Crippen LogP contribution in [-0.2, 0) is 14.6 Å². The van der Waals surface area contributed by atoms with Crippen LogP contribution in [0, 0.1) is 0 Å². The average Bonchev–Trinajstić information content (AvgIpc) is 2.64. The SMILES string of the molecule is CCC(NC(=O)N(C)C1CCS(=O)(=O)C1)C(=O)O. The normalized spacial score (nSPS) is 23.3. The van der Waals surface area contributed by atoms with Crippen molar-refractivity contribution in [2.75, 3.05) is 18.6 Å². The number of nitrogens with one attached hydrogen (secondary N) is 1. The van der Waals surface area contributed by atoms with E-state index in [1.165, 1.54) is 11.9 Å². The lowest BCUT2D eigenvalue weighted by atomic mass is 10.2. The zero-order valence-corrected chi connectivity index (χ0v) is 11.2. The van der Waals surface area contributed by atoms with Gasteiger partial charge >= 0.3 is 12.0 Å². The number of aliphatic carboxylic acids is 1. The third-order valence-electron chi connectivity index (χ3n) is 3.08. The van der Waals surface area contributed by atoms with E-state index in [1.807, 2.05) is 0 Å². The lowest BCUT2D eigenvalue weighted by Gasteiger charge is -2.25. The number of hydrogen-bond acceptors (Lipinski definition) is 4. The Balaban J connectivity index is 2.59. The van der Waals surface area contributed by atoms with Gasteiger partial charge in [0, 0.05) is 13.1 Å². The number of carbonyl (C=O) groups is 2. The standard InChI is InChI=1S/C10H18N2O5S/c1-3-8(9(13)14)11-10(15)12(2)7-4-5-18(16,17)6-7/h7-8H,3-6H2,1-2H3,(H,11,15)(H,13,14). The monoisotopic (exact) mass is 278 g/mol. The summed E-state index contributed by atoms with van der Waals surface area (Å²) < 4.78 is 22.6. The Labute approximate surface area is 106 Å². The molecule has 104 valence electrons. The molecule has 0 aromatic carbocycles. The van der Waals surface area contributed by atoms with Gasteiger partial charge in [-0.2, -0.15) is 0 Å². The van der Waals surface area contributed by atoms with Gasteiger partial charge in [-0.3, -0.25) is 0 Å². The number of carboxylic acid groups (broad SMARTS) is 1.